The van der Waals surface area contributed by atoms with Crippen LogP contribution in [0.2, 0.25) is 19.6 Å². The summed E-state index contributed by atoms with van der Waals surface area (Å²) in [7, 11) is -1.67. The molecule has 0 atom stereocenters. The average molecular weight is 982 g/mol. The molecule has 0 N–H and O–H groups in total. The van der Waals surface area contributed by atoms with E-state index in [0.717, 1.165) is 72.1 Å². The first-order valence-corrected chi connectivity index (χ1v) is 24.0. The molecule has 0 bridgehead atoms. The summed E-state index contributed by atoms with van der Waals surface area (Å²) in [4.78, 5) is 9.76. The number of imidazole rings is 1. The molecule has 0 amide bonds. The van der Waals surface area contributed by atoms with E-state index in [2.05, 4.69) is 160 Å². The summed E-state index contributed by atoms with van der Waals surface area (Å²) in [5.74, 6) is 0.732. The zero-order valence-electron chi connectivity index (χ0n) is 37.9. The first kappa shape index (κ1) is 40.0. The quantitative estimate of drug-likeness (QED) is 0.118. The number of rotatable bonds is 7. The summed E-state index contributed by atoms with van der Waals surface area (Å²) in [5.41, 5.74) is 12.9. The van der Waals surface area contributed by atoms with Crippen LogP contribution >= 0.6 is 0 Å². The largest absolute Gasteiger partial charge is 0.501 e. The third kappa shape index (κ3) is 8.74. The van der Waals surface area contributed by atoms with Crippen LogP contribution in [-0.4, -0.2) is 22.6 Å². The molecule has 0 saturated heterocycles. The van der Waals surface area contributed by atoms with Crippen LogP contribution in [0.1, 0.15) is 54.1 Å². The molecule has 0 spiro atoms. The van der Waals surface area contributed by atoms with Crippen molar-refractivity contribution in [3.8, 4) is 39.5 Å². The van der Waals surface area contributed by atoms with E-state index in [1.54, 1.807) is 0 Å². The fourth-order valence-corrected chi connectivity index (χ4v) is 9.09. The number of benzene rings is 6. The van der Waals surface area contributed by atoms with E-state index in [1.807, 2.05) is 62.5 Å². The Morgan fingerprint density at radius 1 is 0.800 bits per heavy atom. The summed E-state index contributed by atoms with van der Waals surface area (Å²) in [6, 6.07) is 52.5. The topological polar surface area (TPSA) is 43.9 Å². The number of pyridine rings is 1. The Bertz CT molecular complexity index is 3010. The molecule has 3 aromatic heterocycles. The van der Waals surface area contributed by atoms with Crippen molar-refractivity contribution in [2.24, 2.45) is 5.92 Å². The summed E-state index contributed by atoms with van der Waals surface area (Å²) in [5, 5.41) is 3.28. The SMILES string of the molecule is Cc1ccc2c(c1)oc1c(-c3nc4ccccc4n3-c3ccc(C(C)(C)C)cc3-c3ccccc3)[c-]ccc12.[2H]C([2H])(c1cc(-c2[c-]cccc2)ncc1[Si](C)(C)C)C(C)C.[Ir]. The van der Waals surface area contributed by atoms with Gasteiger partial charge in [-0.2, -0.15) is 0 Å². The second kappa shape index (κ2) is 17.3. The van der Waals surface area contributed by atoms with Crippen molar-refractivity contribution in [2.45, 2.75) is 73.0 Å². The van der Waals surface area contributed by atoms with Gasteiger partial charge in [0.05, 0.1) is 30.5 Å². The van der Waals surface area contributed by atoms with Crippen molar-refractivity contribution < 1.29 is 27.3 Å². The summed E-state index contributed by atoms with van der Waals surface area (Å²) < 4.78 is 25.9. The molecule has 60 heavy (non-hydrogen) atoms. The first-order chi connectivity index (χ1) is 29.0. The summed E-state index contributed by atoms with van der Waals surface area (Å²) in [6.07, 6.45) is 0.528. The standard InChI is InChI=1S/C36H29N2O.C18H24NSi.Ir/c1-23-17-19-26-27-13-10-14-28(34(27)39-33(26)21-23)35-37-30-15-8-9-16-32(30)38(35)31-20-18-25(36(2,3)4)22-29(31)24-11-6-5-7-12-24;1-14(2)11-16-12-17(15-9-7-6-8-10-15)19-13-18(16)20(3,4)5;/h5-13,15-22H,1-4H3;6-9,12-14H,11H2,1-5H3;/q2*-1;/i;11D2;. The van der Waals surface area contributed by atoms with Crippen LogP contribution in [0.3, 0.4) is 0 Å². The Balaban J connectivity index is 0.000000215. The van der Waals surface area contributed by atoms with Gasteiger partial charge in [-0.05, 0) is 82.5 Å². The van der Waals surface area contributed by atoms with Gasteiger partial charge in [0.25, 0.3) is 0 Å². The molecule has 4 nitrogen and oxygen atoms in total. The number of aryl methyl sites for hydroxylation is 1. The van der Waals surface area contributed by atoms with Gasteiger partial charge < -0.3 is 14.0 Å². The van der Waals surface area contributed by atoms with Crippen LogP contribution in [0.4, 0.5) is 0 Å². The second-order valence-corrected chi connectivity index (χ2v) is 22.8. The summed E-state index contributed by atoms with van der Waals surface area (Å²) >= 11 is 0. The molecule has 305 valence electrons. The smallest absolute Gasteiger partial charge is 0.121 e. The van der Waals surface area contributed by atoms with Gasteiger partial charge in [-0.25, -0.2) is 0 Å². The number of nitrogens with zero attached hydrogens (tertiary/aromatic N) is 3. The molecule has 0 aliphatic heterocycles. The van der Waals surface area contributed by atoms with Crippen LogP contribution in [-0.2, 0) is 31.9 Å². The van der Waals surface area contributed by atoms with E-state index in [9.17, 15) is 0 Å². The van der Waals surface area contributed by atoms with E-state index in [1.165, 1.54) is 22.3 Å². The van der Waals surface area contributed by atoms with Crippen molar-refractivity contribution in [2.75, 3.05) is 0 Å². The van der Waals surface area contributed by atoms with Gasteiger partial charge in [0, 0.05) is 45.7 Å². The predicted molar refractivity (Wildman–Crippen MR) is 252 cm³/mol. The van der Waals surface area contributed by atoms with Crippen LogP contribution < -0.4 is 5.19 Å². The van der Waals surface area contributed by atoms with Gasteiger partial charge in [0.15, 0.2) is 0 Å². The molecule has 0 saturated carbocycles. The first-order valence-electron chi connectivity index (χ1n) is 21.5. The maximum Gasteiger partial charge on any atom is 0.121 e. The maximum atomic E-state index is 8.55. The average Bonchev–Trinajstić information content (AvgIpc) is 3.81. The number of fused-ring (bicyclic) bond motifs is 4. The minimum absolute atomic E-state index is 0. The molecule has 6 aromatic carbocycles. The van der Waals surface area contributed by atoms with Crippen molar-refractivity contribution >= 4 is 46.2 Å². The third-order valence-electron chi connectivity index (χ3n) is 10.7. The number of para-hydroxylation sites is 2. The molecule has 0 fully saturated rings. The number of furan rings is 1. The Morgan fingerprint density at radius 2 is 1.55 bits per heavy atom. The van der Waals surface area contributed by atoms with Gasteiger partial charge in [-0.1, -0.05) is 138 Å². The van der Waals surface area contributed by atoms with Crippen molar-refractivity contribution in [1.29, 1.82) is 0 Å². The minimum atomic E-state index is -1.67. The monoisotopic (exact) mass is 982 g/mol. The van der Waals surface area contributed by atoms with Crippen LogP contribution in [0, 0.1) is 25.0 Å². The van der Waals surface area contributed by atoms with Gasteiger partial charge in [-0.3, -0.25) is 4.98 Å². The molecule has 9 aromatic rings. The van der Waals surface area contributed by atoms with Crippen molar-refractivity contribution in [1.82, 2.24) is 14.5 Å². The van der Waals surface area contributed by atoms with E-state index in [0.29, 0.717) is 0 Å². The number of aromatic nitrogens is 3. The van der Waals surface area contributed by atoms with Gasteiger partial charge in [0.2, 0.25) is 0 Å². The Kier molecular flexibility index (Phi) is 11.5. The van der Waals surface area contributed by atoms with E-state index < -0.39 is 14.4 Å². The third-order valence-corrected chi connectivity index (χ3v) is 12.7. The number of hydrogen-bond donors (Lipinski definition) is 0. The van der Waals surface area contributed by atoms with Crippen molar-refractivity contribution in [3.05, 3.63) is 168 Å². The van der Waals surface area contributed by atoms with Gasteiger partial charge in [0.1, 0.15) is 5.58 Å². The Labute approximate surface area is 372 Å². The van der Waals surface area contributed by atoms with E-state index >= 15 is 0 Å². The fraction of sp³-hybridized carbons (Fsp3) is 0.222. The number of hydrogen-bond acceptors (Lipinski definition) is 3. The minimum Gasteiger partial charge on any atom is -0.501 e. The normalized spacial score (nSPS) is 12.6. The molecule has 0 aliphatic rings. The molecule has 1 radical (unpaired) electrons. The Hall–Kier alpha value is -5.39. The summed E-state index contributed by atoms with van der Waals surface area (Å²) in [6.45, 7) is 19.4. The molecule has 6 heteroatoms. The van der Waals surface area contributed by atoms with Crippen LogP contribution in [0.25, 0.3) is 72.4 Å². The molecule has 3 heterocycles. The van der Waals surface area contributed by atoms with Gasteiger partial charge in [-0.15, -0.1) is 54.1 Å². The molecular formula is C54H53IrN3OSi-2. The Morgan fingerprint density at radius 3 is 2.27 bits per heavy atom. The maximum absolute atomic E-state index is 8.55. The van der Waals surface area contributed by atoms with Gasteiger partial charge >= 0.3 is 0 Å². The van der Waals surface area contributed by atoms with Crippen LogP contribution in [0.5, 0.6) is 0 Å². The predicted octanol–water partition coefficient (Wildman–Crippen LogP) is 14.0. The van der Waals surface area contributed by atoms with Crippen molar-refractivity contribution in [3.63, 3.8) is 0 Å². The molecule has 9 rings (SSSR count). The molecule has 0 aliphatic carbocycles. The zero-order chi connectivity index (χ0) is 43.3. The van der Waals surface area contributed by atoms with E-state index in [-0.39, 0.29) is 31.4 Å². The molecular weight excluding hydrogens is 927 g/mol. The van der Waals surface area contributed by atoms with Crippen LogP contribution in [0.15, 0.2) is 144 Å². The molecule has 0 unspecified atom stereocenters. The zero-order valence-corrected chi connectivity index (χ0v) is 39.3. The van der Waals surface area contributed by atoms with E-state index in [4.69, 9.17) is 12.1 Å². The fourth-order valence-electron chi connectivity index (χ4n) is 7.68. The second-order valence-electron chi connectivity index (χ2n) is 17.7.